The minimum atomic E-state index is -0.826. The van der Waals surface area contributed by atoms with E-state index in [0.717, 1.165) is 46.3 Å². The maximum atomic E-state index is 4.93. The van der Waals surface area contributed by atoms with Crippen molar-refractivity contribution in [3.8, 4) is 0 Å². The van der Waals surface area contributed by atoms with Crippen molar-refractivity contribution >= 4 is 33.0 Å². The van der Waals surface area contributed by atoms with Gasteiger partial charge in [-0.05, 0) is 79.1 Å². The summed E-state index contributed by atoms with van der Waals surface area (Å²) in [5.41, 5.74) is 1.51. The van der Waals surface area contributed by atoms with E-state index in [2.05, 4.69) is 60.1 Å². The van der Waals surface area contributed by atoms with Gasteiger partial charge < -0.3 is 14.9 Å². The van der Waals surface area contributed by atoms with Crippen LogP contribution in [0.2, 0.25) is 0 Å². The van der Waals surface area contributed by atoms with Crippen molar-refractivity contribution in [1.82, 2.24) is 0 Å². The molecular formula is C29H47BrCl2Zr. The van der Waals surface area contributed by atoms with Crippen molar-refractivity contribution in [1.29, 1.82) is 0 Å². The zero-order valence-electron chi connectivity index (χ0n) is 21.4. The first kappa shape index (κ1) is 32.2. The fourth-order valence-electron chi connectivity index (χ4n) is 7.25. The van der Waals surface area contributed by atoms with Crippen molar-refractivity contribution in [2.24, 2.45) is 35.5 Å². The third-order valence-corrected chi connectivity index (χ3v) is 10.0. The van der Waals surface area contributed by atoms with Gasteiger partial charge in [0.15, 0.2) is 0 Å². The van der Waals surface area contributed by atoms with Crippen molar-refractivity contribution in [2.45, 2.75) is 95.2 Å². The zero-order chi connectivity index (χ0) is 22.2. The molecule has 0 bridgehead atoms. The first-order valence-corrected chi connectivity index (χ1v) is 19.9. The molecule has 4 aliphatic carbocycles. The average Bonchev–Trinajstić information content (AvgIpc) is 3.51. The number of alkyl halides is 1. The van der Waals surface area contributed by atoms with Gasteiger partial charge in [0.1, 0.15) is 0 Å². The summed E-state index contributed by atoms with van der Waals surface area (Å²) < 4.78 is 0. The molecule has 4 fully saturated rings. The summed E-state index contributed by atoms with van der Waals surface area (Å²) in [4.78, 5) is 0.874. The SMILES string of the molecule is CC(CC1CCCC1)c1ccccc1.CC1CC2CC3CCCC3C(Br)C2C1.[CH3-].[CH3-].[Cl][Zr+2][Cl]. The van der Waals surface area contributed by atoms with Gasteiger partial charge in [0.25, 0.3) is 0 Å². The normalized spacial score (nSPS) is 32.9. The summed E-state index contributed by atoms with van der Waals surface area (Å²) in [7, 11) is 9.87. The summed E-state index contributed by atoms with van der Waals surface area (Å²) in [6.45, 7) is 4.82. The van der Waals surface area contributed by atoms with Crippen LogP contribution in [0, 0.1) is 50.4 Å². The van der Waals surface area contributed by atoms with Crippen LogP contribution in [0.3, 0.4) is 0 Å². The first-order chi connectivity index (χ1) is 15.0. The van der Waals surface area contributed by atoms with E-state index >= 15 is 0 Å². The fourth-order valence-corrected chi connectivity index (χ4v) is 8.60. The van der Waals surface area contributed by atoms with E-state index in [1.807, 2.05) is 0 Å². The quantitative estimate of drug-likeness (QED) is 0.229. The van der Waals surface area contributed by atoms with Gasteiger partial charge in [-0.1, -0.05) is 98.6 Å². The molecule has 0 saturated heterocycles. The Balaban J connectivity index is 0.000000280. The molecule has 0 nitrogen and oxygen atoms in total. The predicted molar refractivity (Wildman–Crippen MR) is 150 cm³/mol. The third kappa shape index (κ3) is 9.52. The molecule has 0 spiro atoms. The Morgan fingerprint density at radius 2 is 1.52 bits per heavy atom. The second kappa shape index (κ2) is 16.8. The van der Waals surface area contributed by atoms with Crippen LogP contribution in [-0.2, 0) is 20.8 Å². The number of fused-ring (bicyclic) bond motifs is 2. The summed E-state index contributed by atoms with van der Waals surface area (Å²) in [5.74, 6) is 7.00. The van der Waals surface area contributed by atoms with E-state index in [9.17, 15) is 0 Å². The van der Waals surface area contributed by atoms with Gasteiger partial charge >= 0.3 is 37.9 Å². The van der Waals surface area contributed by atoms with Crippen LogP contribution in [0.1, 0.15) is 96.0 Å². The number of hydrogen-bond acceptors (Lipinski definition) is 0. The molecule has 4 saturated carbocycles. The summed E-state index contributed by atoms with van der Waals surface area (Å²) in [6.07, 6.45) is 16.4. The van der Waals surface area contributed by atoms with E-state index in [-0.39, 0.29) is 14.9 Å². The van der Waals surface area contributed by atoms with E-state index in [1.165, 1.54) is 69.8 Å². The number of hydrogen-bond donors (Lipinski definition) is 0. The van der Waals surface area contributed by atoms with Gasteiger partial charge in [0, 0.05) is 4.83 Å². The predicted octanol–water partition coefficient (Wildman–Crippen LogP) is 10.9. The Morgan fingerprint density at radius 1 is 0.879 bits per heavy atom. The van der Waals surface area contributed by atoms with Crippen LogP contribution in [0.15, 0.2) is 30.3 Å². The molecule has 1 aromatic rings. The average molecular weight is 638 g/mol. The molecule has 0 heterocycles. The Morgan fingerprint density at radius 3 is 2.15 bits per heavy atom. The standard InChI is InChI=1S/C14H20.C13H21Br.2CH3.2ClH.Zr/c1-12(11-13-7-5-6-8-13)14-9-3-2-4-10-14;1-8-5-10-7-9-3-2-4-11(9)13(14)12(10)6-8;;;;;/h2-4,9-10,12-13H,5-8,11H2,1H3;8-13H,2-7H2,1H3;2*1H3;2*1H;/q;;2*-1;;;+4/p-2. The molecule has 5 rings (SSSR count). The molecule has 33 heavy (non-hydrogen) atoms. The molecule has 4 heteroatoms. The Bertz CT molecular complexity index is 621. The molecule has 0 aliphatic heterocycles. The Kier molecular flexibility index (Phi) is 16.4. The fraction of sp³-hybridized carbons (Fsp3) is 0.724. The van der Waals surface area contributed by atoms with E-state index in [1.54, 1.807) is 6.42 Å². The van der Waals surface area contributed by atoms with Crippen LogP contribution < -0.4 is 0 Å². The molecule has 188 valence electrons. The number of rotatable bonds is 3. The Labute approximate surface area is 233 Å². The molecule has 7 unspecified atom stereocenters. The first-order valence-electron chi connectivity index (χ1n) is 12.7. The van der Waals surface area contributed by atoms with Gasteiger partial charge in [-0.2, -0.15) is 0 Å². The molecular weight excluding hydrogens is 590 g/mol. The van der Waals surface area contributed by atoms with Crippen LogP contribution in [-0.4, -0.2) is 4.83 Å². The molecule has 0 aromatic heterocycles. The second-order valence-electron chi connectivity index (χ2n) is 10.8. The van der Waals surface area contributed by atoms with Crippen molar-refractivity contribution in [3.63, 3.8) is 0 Å². The molecule has 4 aliphatic rings. The van der Waals surface area contributed by atoms with Crippen LogP contribution >= 0.6 is 33.0 Å². The molecule has 1 aromatic carbocycles. The van der Waals surface area contributed by atoms with Gasteiger partial charge in [0.05, 0.1) is 0 Å². The third-order valence-electron chi connectivity index (χ3n) is 8.66. The van der Waals surface area contributed by atoms with Gasteiger partial charge in [-0.25, -0.2) is 0 Å². The monoisotopic (exact) mass is 634 g/mol. The van der Waals surface area contributed by atoms with E-state index in [0.29, 0.717) is 0 Å². The maximum absolute atomic E-state index is 4.93. The molecule has 0 amide bonds. The molecule has 7 atom stereocenters. The second-order valence-corrected chi connectivity index (χ2v) is 15.6. The number of benzene rings is 1. The van der Waals surface area contributed by atoms with Crippen LogP contribution in [0.25, 0.3) is 0 Å². The summed E-state index contributed by atoms with van der Waals surface area (Å²) in [6, 6.07) is 10.9. The molecule has 0 radical (unpaired) electrons. The van der Waals surface area contributed by atoms with Crippen molar-refractivity contribution in [3.05, 3.63) is 50.7 Å². The topological polar surface area (TPSA) is 0 Å². The van der Waals surface area contributed by atoms with Crippen molar-refractivity contribution < 1.29 is 20.8 Å². The van der Waals surface area contributed by atoms with Gasteiger partial charge in [0.2, 0.25) is 0 Å². The van der Waals surface area contributed by atoms with Crippen LogP contribution in [0.5, 0.6) is 0 Å². The van der Waals surface area contributed by atoms with Crippen molar-refractivity contribution in [2.75, 3.05) is 0 Å². The summed E-state index contributed by atoms with van der Waals surface area (Å²) >= 11 is 3.20. The van der Waals surface area contributed by atoms with Gasteiger partial charge in [-0.3, -0.25) is 0 Å². The van der Waals surface area contributed by atoms with Gasteiger partial charge in [-0.15, -0.1) is 0 Å². The Hall–Kier alpha value is 1.16. The minimum absolute atomic E-state index is 0. The zero-order valence-corrected chi connectivity index (χ0v) is 27.0. The van der Waals surface area contributed by atoms with Crippen LogP contribution in [0.4, 0.5) is 0 Å². The van der Waals surface area contributed by atoms with E-state index < -0.39 is 20.8 Å². The number of halogens is 3. The van der Waals surface area contributed by atoms with E-state index in [4.69, 9.17) is 17.0 Å². The molecule has 0 N–H and O–H groups in total. The summed E-state index contributed by atoms with van der Waals surface area (Å²) in [5, 5.41) is 0.